The third kappa shape index (κ3) is 2.35. The van der Waals surface area contributed by atoms with Gasteiger partial charge in [0.15, 0.2) is 11.0 Å². The van der Waals surface area contributed by atoms with Gasteiger partial charge < -0.3 is 16.3 Å². The highest BCUT2D eigenvalue weighted by atomic mass is 35.5. The molecule has 72 valence electrons. The first-order chi connectivity index (χ1) is 6.00. The smallest absolute Gasteiger partial charge is 0.345 e. The molecule has 0 fully saturated rings. The van der Waals surface area contributed by atoms with Crippen LogP contribution in [0.2, 0.25) is 5.15 Å². The Kier molecular flexibility index (Phi) is 2.77. The molecule has 0 bridgehead atoms. The van der Waals surface area contributed by atoms with Gasteiger partial charge in [0.25, 0.3) is 0 Å². The van der Waals surface area contributed by atoms with E-state index in [1.165, 1.54) is 6.07 Å². The number of anilines is 2. The van der Waals surface area contributed by atoms with E-state index in [1.807, 2.05) is 13.8 Å². The van der Waals surface area contributed by atoms with Crippen molar-refractivity contribution in [3.63, 3.8) is 0 Å². The summed E-state index contributed by atoms with van der Waals surface area (Å²) in [5.74, 6) is 0.156. The lowest BCUT2D eigenvalue weighted by atomic mass is 10.4. The van der Waals surface area contributed by atoms with Gasteiger partial charge in [-0.15, -0.1) is 0 Å². The van der Waals surface area contributed by atoms with E-state index in [0.29, 0.717) is 10.5 Å². The zero-order valence-corrected chi connectivity index (χ0v) is 8.17. The second kappa shape index (κ2) is 3.66. The van der Waals surface area contributed by atoms with Crippen molar-refractivity contribution >= 4 is 23.4 Å². The van der Waals surface area contributed by atoms with Gasteiger partial charge in [-0.3, -0.25) is 0 Å². The summed E-state index contributed by atoms with van der Waals surface area (Å²) in [6.07, 6.45) is 0. The number of rotatable bonds is 2. The molecule has 3 N–H and O–H groups in total. The highest BCUT2D eigenvalue weighted by Crippen LogP contribution is 2.10. The summed E-state index contributed by atoms with van der Waals surface area (Å²) in [7, 11) is 0. The number of halogens is 1. The molecule has 0 aliphatic heterocycles. The Balaban J connectivity index is 3.05. The van der Waals surface area contributed by atoms with Crippen LogP contribution in [-0.2, 0) is 0 Å². The molecule has 1 rings (SSSR count). The van der Waals surface area contributed by atoms with Crippen molar-refractivity contribution in [2.24, 2.45) is 0 Å². The molecule has 0 amide bonds. The second-order valence-electron chi connectivity index (χ2n) is 2.92. The Hall–Kier alpha value is -1.23. The molecule has 1 aromatic heterocycles. The summed E-state index contributed by atoms with van der Waals surface area (Å²) >= 11 is 5.62. The SMILES string of the molecule is CC(C)Nc1cc(Cl)nc(N)[n+]1[O-]. The Morgan fingerprint density at radius 2 is 2.31 bits per heavy atom. The first-order valence-electron chi connectivity index (χ1n) is 3.83. The summed E-state index contributed by atoms with van der Waals surface area (Å²) in [6.45, 7) is 3.81. The van der Waals surface area contributed by atoms with E-state index in [1.54, 1.807) is 0 Å². The van der Waals surface area contributed by atoms with Gasteiger partial charge in [-0.1, -0.05) is 4.98 Å². The molecule has 5 nitrogen and oxygen atoms in total. The molecular weight excluding hydrogens is 192 g/mol. The van der Waals surface area contributed by atoms with E-state index >= 15 is 0 Å². The fourth-order valence-electron chi connectivity index (χ4n) is 0.878. The van der Waals surface area contributed by atoms with Crippen LogP contribution < -0.4 is 15.8 Å². The van der Waals surface area contributed by atoms with E-state index in [0.717, 1.165) is 0 Å². The van der Waals surface area contributed by atoms with Crippen LogP contribution in [0.5, 0.6) is 0 Å². The molecule has 1 aromatic rings. The monoisotopic (exact) mass is 202 g/mol. The Labute approximate surface area is 81.1 Å². The van der Waals surface area contributed by atoms with Crippen LogP contribution in [0.15, 0.2) is 6.07 Å². The van der Waals surface area contributed by atoms with Gasteiger partial charge >= 0.3 is 5.95 Å². The summed E-state index contributed by atoms with van der Waals surface area (Å²) in [5.41, 5.74) is 5.31. The largest absolute Gasteiger partial charge is 0.754 e. The summed E-state index contributed by atoms with van der Waals surface area (Å²) in [4.78, 5) is 3.59. The first kappa shape index (κ1) is 9.85. The maximum absolute atomic E-state index is 11.3. The number of nitrogens with zero attached hydrogens (tertiary/aromatic N) is 2. The van der Waals surface area contributed by atoms with E-state index in [-0.39, 0.29) is 17.1 Å². The van der Waals surface area contributed by atoms with Gasteiger partial charge in [-0.05, 0) is 25.4 Å². The molecule has 0 unspecified atom stereocenters. The van der Waals surface area contributed by atoms with Gasteiger partial charge in [-0.2, -0.15) is 0 Å². The van der Waals surface area contributed by atoms with Crippen molar-refractivity contribution in [2.45, 2.75) is 19.9 Å². The van der Waals surface area contributed by atoms with Crippen LogP contribution in [0.3, 0.4) is 0 Å². The fourth-order valence-corrected chi connectivity index (χ4v) is 1.07. The second-order valence-corrected chi connectivity index (χ2v) is 3.30. The predicted octanol–water partition coefficient (Wildman–Crippen LogP) is 0.771. The average molecular weight is 203 g/mol. The van der Waals surface area contributed by atoms with Crippen LogP contribution in [0.25, 0.3) is 0 Å². The zero-order valence-electron chi connectivity index (χ0n) is 7.41. The molecule has 0 saturated carbocycles. The standard InChI is InChI=1S/C7H11ClN4O/c1-4(2)10-6-3-5(8)11-7(9)12(6)13/h3-4,10H,1-2H3,(H2,9,11). The first-order valence-corrected chi connectivity index (χ1v) is 4.20. The molecule has 0 aromatic carbocycles. The summed E-state index contributed by atoms with van der Waals surface area (Å²) < 4.78 is 0.506. The molecule has 0 aliphatic carbocycles. The van der Waals surface area contributed by atoms with Crippen LogP contribution in [-0.4, -0.2) is 11.0 Å². The minimum atomic E-state index is -0.157. The molecule has 0 aliphatic rings. The fraction of sp³-hybridized carbons (Fsp3) is 0.429. The lowest BCUT2D eigenvalue weighted by Crippen LogP contribution is -2.36. The Morgan fingerprint density at radius 3 is 2.85 bits per heavy atom. The third-order valence-corrected chi connectivity index (χ3v) is 1.53. The molecule has 1 heterocycles. The van der Waals surface area contributed by atoms with Crippen LogP contribution in [0.4, 0.5) is 11.8 Å². The number of nitrogen functional groups attached to an aromatic ring is 1. The number of aromatic nitrogens is 2. The van der Waals surface area contributed by atoms with E-state index in [4.69, 9.17) is 17.3 Å². The number of nitrogens with one attached hydrogen (secondary N) is 1. The van der Waals surface area contributed by atoms with E-state index < -0.39 is 0 Å². The topological polar surface area (TPSA) is 77.9 Å². The normalized spacial score (nSPS) is 10.5. The van der Waals surface area contributed by atoms with Crippen LogP contribution in [0.1, 0.15) is 13.8 Å². The quantitative estimate of drug-likeness (QED) is 0.422. The lowest BCUT2D eigenvalue weighted by molar-refractivity contribution is -0.577. The van der Waals surface area contributed by atoms with Gasteiger partial charge in [0.1, 0.15) is 0 Å². The summed E-state index contributed by atoms with van der Waals surface area (Å²) in [6, 6.07) is 1.57. The van der Waals surface area contributed by atoms with E-state index in [2.05, 4.69) is 10.3 Å². The van der Waals surface area contributed by atoms with Gasteiger partial charge in [-0.25, -0.2) is 4.73 Å². The lowest BCUT2D eigenvalue weighted by Gasteiger charge is -2.14. The number of hydrogen-bond acceptors (Lipinski definition) is 4. The third-order valence-electron chi connectivity index (χ3n) is 1.34. The van der Waals surface area contributed by atoms with Gasteiger partial charge in [0.2, 0.25) is 0 Å². The average Bonchev–Trinajstić information content (AvgIpc) is 1.98. The Morgan fingerprint density at radius 1 is 1.69 bits per heavy atom. The molecule has 0 atom stereocenters. The molecule has 13 heavy (non-hydrogen) atoms. The molecule has 6 heteroatoms. The van der Waals surface area contributed by atoms with Crippen LogP contribution >= 0.6 is 11.6 Å². The summed E-state index contributed by atoms with van der Waals surface area (Å²) in [5, 5.41) is 14.4. The van der Waals surface area contributed by atoms with Crippen molar-refractivity contribution < 1.29 is 4.73 Å². The minimum Gasteiger partial charge on any atom is -0.754 e. The maximum atomic E-state index is 11.3. The van der Waals surface area contributed by atoms with Crippen molar-refractivity contribution in [3.05, 3.63) is 16.4 Å². The van der Waals surface area contributed by atoms with E-state index in [9.17, 15) is 5.21 Å². The molecule has 0 spiro atoms. The highest BCUT2D eigenvalue weighted by molar-refractivity contribution is 6.29. The molecule has 0 radical (unpaired) electrons. The van der Waals surface area contributed by atoms with Crippen molar-refractivity contribution in [1.82, 2.24) is 4.98 Å². The van der Waals surface area contributed by atoms with Gasteiger partial charge in [0.05, 0.1) is 12.1 Å². The maximum Gasteiger partial charge on any atom is 0.345 e. The van der Waals surface area contributed by atoms with Gasteiger partial charge in [0, 0.05) is 0 Å². The van der Waals surface area contributed by atoms with Crippen molar-refractivity contribution in [1.29, 1.82) is 0 Å². The zero-order chi connectivity index (χ0) is 10.0. The predicted molar refractivity (Wildman–Crippen MR) is 51.4 cm³/mol. The highest BCUT2D eigenvalue weighted by Gasteiger charge is 2.09. The van der Waals surface area contributed by atoms with Crippen molar-refractivity contribution in [3.8, 4) is 0 Å². The minimum absolute atomic E-state index is 0.137. The van der Waals surface area contributed by atoms with Crippen LogP contribution in [0, 0.1) is 5.21 Å². The number of nitrogens with two attached hydrogens (primary N) is 1. The van der Waals surface area contributed by atoms with Crippen molar-refractivity contribution in [2.75, 3.05) is 11.1 Å². The molecular formula is C7H11ClN4O. The molecule has 0 saturated heterocycles. The Bertz CT molecular complexity index is 316. The number of hydrogen-bond donors (Lipinski definition) is 2.